The van der Waals surface area contributed by atoms with Crippen molar-refractivity contribution in [3.63, 3.8) is 0 Å². The van der Waals surface area contributed by atoms with Crippen molar-refractivity contribution in [1.82, 2.24) is 9.97 Å². The van der Waals surface area contributed by atoms with E-state index in [1.165, 1.54) is 13.2 Å². The summed E-state index contributed by atoms with van der Waals surface area (Å²) < 4.78 is 4.93. The van der Waals surface area contributed by atoms with Crippen LogP contribution in [0.2, 0.25) is 5.15 Å². The van der Waals surface area contributed by atoms with E-state index in [2.05, 4.69) is 15.3 Å². The van der Waals surface area contributed by atoms with Gasteiger partial charge in [0.15, 0.2) is 0 Å². The number of hydrogen-bond acceptors (Lipinski definition) is 5. The van der Waals surface area contributed by atoms with Crippen molar-refractivity contribution in [3.05, 3.63) is 11.2 Å². The maximum atomic E-state index is 11.8. The second kappa shape index (κ2) is 4.46. The van der Waals surface area contributed by atoms with Gasteiger partial charge in [-0.2, -0.15) is 4.98 Å². The molecule has 0 unspecified atom stereocenters. The van der Waals surface area contributed by atoms with Crippen LogP contribution in [0.1, 0.15) is 19.3 Å². The molecule has 2 rings (SSSR count). The second-order valence-electron chi connectivity index (χ2n) is 4.02. The maximum Gasteiger partial charge on any atom is 0.246 e. The number of halogens is 1. The van der Waals surface area contributed by atoms with Crippen molar-refractivity contribution in [2.24, 2.45) is 5.73 Å². The third-order valence-electron chi connectivity index (χ3n) is 2.80. The van der Waals surface area contributed by atoms with Gasteiger partial charge in [0.25, 0.3) is 0 Å². The minimum Gasteiger partial charge on any atom is -0.481 e. The van der Waals surface area contributed by atoms with Crippen molar-refractivity contribution >= 4 is 23.5 Å². The molecule has 92 valence electrons. The lowest BCUT2D eigenvalue weighted by Crippen LogP contribution is -2.56. The van der Waals surface area contributed by atoms with Crippen LogP contribution in [-0.4, -0.2) is 28.5 Å². The first-order valence-corrected chi connectivity index (χ1v) is 5.60. The maximum absolute atomic E-state index is 11.8. The SMILES string of the molecule is COc1cc(Cl)nc(NC(=O)C2(N)CCC2)n1. The van der Waals surface area contributed by atoms with Gasteiger partial charge in [-0.3, -0.25) is 10.1 Å². The lowest BCUT2D eigenvalue weighted by atomic mass is 9.77. The van der Waals surface area contributed by atoms with Crippen LogP contribution >= 0.6 is 11.6 Å². The normalized spacial score (nSPS) is 17.1. The number of nitrogens with zero attached hydrogens (tertiary/aromatic N) is 2. The molecule has 0 radical (unpaired) electrons. The monoisotopic (exact) mass is 256 g/mol. The fourth-order valence-corrected chi connectivity index (χ4v) is 1.74. The van der Waals surface area contributed by atoms with Crippen LogP contribution in [-0.2, 0) is 4.79 Å². The summed E-state index contributed by atoms with van der Waals surface area (Å²) in [6.07, 6.45) is 2.32. The second-order valence-corrected chi connectivity index (χ2v) is 4.41. The van der Waals surface area contributed by atoms with E-state index in [-0.39, 0.29) is 17.0 Å². The average Bonchev–Trinajstić information content (AvgIpc) is 2.24. The van der Waals surface area contributed by atoms with Gasteiger partial charge in [0, 0.05) is 6.07 Å². The quantitative estimate of drug-likeness (QED) is 0.786. The highest BCUT2D eigenvalue weighted by molar-refractivity contribution is 6.29. The summed E-state index contributed by atoms with van der Waals surface area (Å²) in [5.41, 5.74) is 5.08. The zero-order chi connectivity index (χ0) is 12.5. The number of carbonyl (C=O) groups is 1. The number of carbonyl (C=O) groups excluding carboxylic acids is 1. The van der Waals surface area contributed by atoms with E-state index in [1.54, 1.807) is 0 Å². The zero-order valence-electron chi connectivity index (χ0n) is 9.36. The lowest BCUT2D eigenvalue weighted by Gasteiger charge is -2.35. The minimum absolute atomic E-state index is 0.107. The lowest BCUT2D eigenvalue weighted by molar-refractivity contribution is -0.123. The summed E-state index contributed by atoms with van der Waals surface area (Å²) in [5, 5.41) is 2.75. The van der Waals surface area contributed by atoms with Crippen LogP contribution < -0.4 is 15.8 Å². The molecular weight excluding hydrogens is 244 g/mol. The predicted octanol–water partition coefficient (Wildman–Crippen LogP) is 0.959. The summed E-state index contributed by atoms with van der Waals surface area (Å²) in [5.74, 6) is 0.115. The van der Waals surface area contributed by atoms with Crippen LogP contribution in [0.25, 0.3) is 0 Å². The highest BCUT2D eigenvalue weighted by atomic mass is 35.5. The summed E-state index contributed by atoms with van der Waals surface area (Å²) in [6, 6.07) is 1.46. The first kappa shape index (κ1) is 12.1. The Bertz CT molecular complexity index is 448. The number of amides is 1. The molecule has 1 saturated carbocycles. The molecule has 0 bridgehead atoms. The van der Waals surface area contributed by atoms with Crippen LogP contribution in [0.3, 0.4) is 0 Å². The zero-order valence-corrected chi connectivity index (χ0v) is 10.1. The molecular formula is C10H13ClN4O2. The molecule has 7 heteroatoms. The largest absolute Gasteiger partial charge is 0.481 e. The molecule has 1 heterocycles. The van der Waals surface area contributed by atoms with Crippen molar-refractivity contribution in [1.29, 1.82) is 0 Å². The highest BCUT2D eigenvalue weighted by Crippen LogP contribution is 2.30. The Balaban J connectivity index is 2.12. The summed E-state index contributed by atoms with van der Waals surface area (Å²) >= 11 is 5.76. The molecule has 6 nitrogen and oxygen atoms in total. The van der Waals surface area contributed by atoms with Gasteiger partial charge in [-0.15, -0.1) is 0 Å². The van der Waals surface area contributed by atoms with Crippen molar-refractivity contribution < 1.29 is 9.53 Å². The van der Waals surface area contributed by atoms with Gasteiger partial charge in [-0.25, -0.2) is 4.98 Å². The molecule has 1 aromatic rings. The van der Waals surface area contributed by atoms with E-state index in [9.17, 15) is 4.79 Å². The van der Waals surface area contributed by atoms with Gasteiger partial charge in [0.2, 0.25) is 17.7 Å². The molecule has 1 amide bonds. The van der Waals surface area contributed by atoms with Crippen LogP contribution in [0.15, 0.2) is 6.07 Å². The predicted molar refractivity (Wildman–Crippen MR) is 63.0 cm³/mol. The van der Waals surface area contributed by atoms with E-state index in [0.717, 1.165) is 6.42 Å². The molecule has 1 aliphatic rings. The van der Waals surface area contributed by atoms with Gasteiger partial charge in [-0.05, 0) is 19.3 Å². The van der Waals surface area contributed by atoms with Gasteiger partial charge < -0.3 is 10.5 Å². The Morgan fingerprint density at radius 3 is 2.82 bits per heavy atom. The van der Waals surface area contributed by atoms with Gasteiger partial charge in [0.1, 0.15) is 5.15 Å². The molecule has 1 aliphatic carbocycles. The number of nitrogens with two attached hydrogens (primary N) is 1. The number of nitrogens with one attached hydrogen (secondary N) is 1. The van der Waals surface area contributed by atoms with Crippen LogP contribution in [0.5, 0.6) is 5.88 Å². The van der Waals surface area contributed by atoms with Gasteiger partial charge in [-0.1, -0.05) is 11.6 Å². The molecule has 0 aromatic carbocycles. The third kappa shape index (κ3) is 2.48. The molecule has 1 aromatic heterocycles. The molecule has 0 spiro atoms. The van der Waals surface area contributed by atoms with E-state index >= 15 is 0 Å². The van der Waals surface area contributed by atoms with E-state index in [4.69, 9.17) is 22.1 Å². The summed E-state index contributed by atoms with van der Waals surface area (Å²) in [4.78, 5) is 19.7. The fourth-order valence-electron chi connectivity index (χ4n) is 1.57. The Morgan fingerprint density at radius 2 is 2.29 bits per heavy atom. The minimum atomic E-state index is -0.793. The topological polar surface area (TPSA) is 90.1 Å². The van der Waals surface area contributed by atoms with Crippen molar-refractivity contribution in [2.75, 3.05) is 12.4 Å². The number of rotatable bonds is 3. The van der Waals surface area contributed by atoms with Gasteiger partial charge in [0.05, 0.1) is 12.6 Å². The number of aromatic nitrogens is 2. The first-order valence-electron chi connectivity index (χ1n) is 5.22. The molecule has 0 aliphatic heterocycles. The molecule has 17 heavy (non-hydrogen) atoms. The smallest absolute Gasteiger partial charge is 0.246 e. The Labute approximate surface area is 104 Å². The Kier molecular flexibility index (Phi) is 3.17. The fraction of sp³-hybridized carbons (Fsp3) is 0.500. The third-order valence-corrected chi connectivity index (χ3v) is 3.00. The van der Waals surface area contributed by atoms with Gasteiger partial charge >= 0.3 is 0 Å². The number of methoxy groups -OCH3 is 1. The molecule has 3 N–H and O–H groups in total. The van der Waals surface area contributed by atoms with Crippen molar-refractivity contribution in [3.8, 4) is 5.88 Å². The summed E-state index contributed by atoms with van der Waals surface area (Å²) in [7, 11) is 1.46. The highest BCUT2D eigenvalue weighted by Gasteiger charge is 2.40. The van der Waals surface area contributed by atoms with Crippen LogP contribution in [0, 0.1) is 0 Å². The molecule has 0 atom stereocenters. The number of ether oxygens (including phenoxy) is 1. The average molecular weight is 257 g/mol. The van der Waals surface area contributed by atoms with E-state index < -0.39 is 5.54 Å². The standard InChI is InChI=1S/C10H13ClN4O2/c1-17-7-5-6(11)13-9(14-7)15-8(16)10(12)3-2-4-10/h5H,2-4,12H2,1H3,(H,13,14,15,16). The van der Waals surface area contributed by atoms with E-state index in [1.807, 2.05) is 0 Å². The van der Waals surface area contributed by atoms with Crippen molar-refractivity contribution in [2.45, 2.75) is 24.8 Å². The molecule has 0 saturated heterocycles. The molecule has 1 fully saturated rings. The van der Waals surface area contributed by atoms with Crippen LogP contribution in [0.4, 0.5) is 5.95 Å². The first-order chi connectivity index (χ1) is 8.03. The van der Waals surface area contributed by atoms with E-state index in [0.29, 0.717) is 18.7 Å². The number of anilines is 1. The Hall–Kier alpha value is -1.40. The summed E-state index contributed by atoms with van der Waals surface area (Å²) in [6.45, 7) is 0. The Morgan fingerprint density at radius 1 is 1.59 bits per heavy atom. The number of hydrogen-bond donors (Lipinski definition) is 2.